The van der Waals surface area contributed by atoms with Crippen molar-refractivity contribution < 1.29 is 0 Å². The van der Waals surface area contributed by atoms with Gasteiger partial charge in [-0.1, -0.05) is 26.0 Å². The molecular weight excluding hydrogens is 278 g/mol. The van der Waals surface area contributed by atoms with E-state index in [1.165, 1.54) is 5.56 Å². The maximum Gasteiger partial charge on any atom is 0.187 e. The first-order chi connectivity index (χ1) is 10.3. The molecule has 0 aliphatic heterocycles. The number of pyridine rings is 1. The normalized spacial score (nSPS) is 9.67. The van der Waals surface area contributed by atoms with Crippen LogP contribution in [0.1, 0.15) is 19.4 Å². The number of rotatable bonds is 3. The first-order valence-electron chi connectivity index (χ1n) is 7.01. The highest BCUT2D eigenvalue weighted by Crippen LogP contribution is 2.26. The van der Waals surface area contributed by atoms with Gasteiger partial charge in [-0.05, 0) is 36.8 Å². The van der Waals surface area contributed by atoms with Crippen molar-refractivity contribution in [2.45, 2.75) is 20.8 Å². The van der Waals surface area contributed by atoms with E-state index in [1.807, 2.05) is 43.5 Å². The van der Waals surface area contributed by atoms with Crippen LogP contribution in [0, 0.1) is 6.92 Å². The van der Waals surface area contributed by atoms with Crippen molar-refractivity contribution in [1.29, 1.82) is 0 Å². The molecule has 0 aliphatic carbocycles. The van der Waals surface area contributed by atoms with Crippen LogP contribution in [0.4, 0.5) is 10.8 Å². The molecule has 2 aromatic heterocycles. The van der Waals surface area contributed by atoms with E-state index >= 15 is 0 Å². The van der Waals surface area contributed by atoms with Crippen LogP contribution in [0.15, 0.2) is 54.2 Å². The summed E-state index contributed by atoms with van der Waals surface area (Å²) in [6.07, 6.45) is 3.56. The maximum atomic E-state index is 4.59. The van der Waals surface area contributed by atoms with Crippen LogP contribution in [-0.2, 0) is 0 Å². The fraction of sp³-hybridized carbons (Fsp3) is 0.176. The zero-order valence-corrected chi connectivity index (χ0v) is 13.3. The van der Waals surface area contributed by atoms with E-state index in [0.29, 0.717) is 0 Å². The molecule has 21 heavy (non-hydrogen) atoms. The molecule has 3 rings (SSSR count). The third-order valence-electron chi connectivity index (χ3n) is 2.75. The second kappa shape index (κ2) is 7.55. The zero-order valence-electron chi connectivity index (χ0n) is 12.5. The minimum atomic E-state index is 0.900. The number of hydrogen-bond acceptors (Lipinski definition) is 4. The molecule has 4 heteroatoms. The molecular formula is C17H19N3S. The van der Waals surface area contributed by atoms with Gasteiger partial charge in [0, 0.05) is 29.0 Å². The molecule has 0 amide bonds. The van der Waals surface area contributed by atoms with Crippen molar-refractivity contribution in [3.63, 3.8) is 0 Å². The van der Waals surface area contributed by atoms with Crippen molar-refractivity contribution >= 4 is 22.2 Å². The van der Waals surface area contributed by atoms with Gasteiger partial charge >= 0.3 is 0 Å². The van der Waals surface area contributed by atoms with Crippen LogP contribution in [0.25, 0.3) is 11.3 Å². The summed E-state index contributed by atoms with van der Waals surface area (Å²) in [5.74, 6) is 0. The number of anilines is 2. The number of nitrogens with one attached hydrogen (secondary N) is 1. The Bertz CT molecular complexity index is 677. The Kier molecular flexibility index (Phi) is 5.46. The van der Waals surface area contributed by atoms with E-state index in [-0.39, 0.29) is 0 Å². The van der Waals surface area contributed by atoms with E-state index in [4.69, 9.17) is 0 Å². The van der Waals surface area contributed by atoms with Gasteiger partial charge in [-0.3, -0.25) is 4.98 Å². The predicted molar refractivity (Wildman–Crippen MR) is 91.2 cm³/mol. The molecule has 0 fully saturated rings. The largest absolute Gasteiger partial charge is 0.332 e. The van der Waals surface area contributed by atoms with Crippen molar-refractivity contribution in [3.05, 3.63) is 59.7 Å². The van der Waals surface area contributed by atoms with E-state index in [9.17, 15) is 0 Å². The summed E-state index contributed by atoms with van der Waals surface area (Å²) in [7, 11) is 0. The predicted octanol–water partition coefficient (Wildman–Crippen LogP) is 5.28. The molecule has 0 spiro atoms. The molecule has 3 aromatic rings. The fourth-order valence-corrected chi connectivity index (χ4v) is 2.57. The lowest BCUT2D eigenvalue weighted by molar-refractivity contribution is 1.31. The van der Waals surface area contributed by atoms with Crippen LogP contribution in [0.5, 0.6) is 0 Å². The minimum Gasteiger partial charge on any atom is -0.332 e. The molecule has 3 nitrogen and oxygen atoms in total. The van der Waals surface area contributed by atoms with Gasteiger partial charge in [0.2, 0.25) is 0 Å². The Labute approximate surface area is 129 Å². The van der Waals surface area contributed by atoms with Crippen molar-refractivity contribution in [1.82, 2.24) is 9.97 Å². The van der Waals surface area contributed by atoms with Crippen LogP contribution in [0.2, 0.25) is 0 Å². The average Bonchev–Trinajstić information content (AvgIpc) is 2.99. The Morgan fingerprint density at radius 1 is 1.05 bits per heavy atom. The summed E-state index contributed by atoms with van der Waals surface area (Å²) in [6.45, 7) is 6.08. The molecule has 0 bridgehead atoms. The van der Waals surface area contributed by atoms with Gasteiger partial charge in [-0.2, -0.15) is 0 Å². The highest BCUT2D eigenvalue weighted by molar-refractivity contribution is 7.14. The van der Waals surface area contributed by atoms with Gasteiger partial charge in [0.15, 0.2) is 5.13 Å². The topological polar surface area (TPSA) is 37.8 Å². The molecule has 2 heterocycles. The van der Waals surface area contributed by atoms with Gasteiger partial charge < -0.3 is 5.32 Å². The summed E-state index contributed by atoms with van der Waals surface area (Å²) in [5, 5.41) is 6.28. The standard InChI is InChI=1S/C15H13N3S.C2H6/c1-11-3-2-4-13(9-11)17-15-18-14(10-19-15)12-5-7-16-8-6-12;1-2/h2-10H,1H3,(H,17,18);1-2H3. The number of hydrogen-bond donors (Lipinski definition) is 1. The maximum absolute atomic E-state index is 4.59. The number of aromatic nitrogens is 2. The van der Waals surface area contributed by atoms with Crippen LogP contribution >= 0.6 is 11.3 Å². The summed E-state index contributed by atoms with van der Waals surface area (Å²) < 4.78 is 0. The number of benzene rings is 1. The van der Waals surface area contributed by atoms with Gasteiger partial charge in [-0.25, -0.2) is 4.98 Å². The highest BCUT2D eigenvalue weighted by atomic mass is 32.1. The van der Waals surface area contributed by atoms with Gasteiger partial charge in [0.05, 0.1) is 5.69 Å². The fourth-order valence-electron chi connectivity index (χ4n) is 1.83. The third-order valence-corrected chi connectivity index (χ3v) is 3.51. The summed E-state index contributed by atoms with van der Waals surface area (Å²) in [4.78, 5) is 8.60. The number of thiazole rings is 1. The molecule has 0 saturated carbocycles. The van der Waals surface area contributed by atoms with Crippen molar-refractivity contribution in [3.8, 4) is 11.3 Å². The quantitative estimate of drug-likeness (QED) is 0.714. The molecule has 0 saturated heterocycles. The van der Waals surface area contributed by atoms with Gasteiger partial charge in [0.1, 0.15) is 0 Å². The monoisotopic (exact) mass is 297 g/mol. The van der Waals surface area contributed by atoms with Gasteiger partial charge in [-0.15, -0.1) is 11.3 Å². The Hall–Kier alpha value is -2.20. The highest BCUT2D eigenvalue weighted by Gasteiger charge is 2.04. The van der Waals surface area contributed by atoms with E-state index < -0.39 is 0 Å². The van der Waals surface area contributed by atoms with Crippen molar-refractivity contribution in [2.75, 3.05) is 5.32 Å². The SMILES string of the molecule is CC.Cc1cccc(Nc2nc(-c3ccncc3)cs2)c1. The molecule has 0 unspecified atom stereocenters. The Morgan fingerprint density at radius 2 is 1.81 bits per heavy atom. The summed E-state index contributed by atoms with van der Waals surface area (Å²) >= 11 is 1.60. The molecule has 1 aromatic carbocycles. The lowest BCUT2D eigenvalue weighted by atomic mass is 10.2. The minimum absolute atomic E-state index is 0.900. The molecule has 0 atom stereocenters. The first kappa shape index (κ1) is 15.2. The number of nitrogens with zero attached hydrogens (tertiary/aromatic N) is 2. The lowest BCUT2D eigenvalue weighted by Crippen LogP contribution is -1.89. The molecule has 1 N–H and O–H groups in total. The molecule has 0 radical (unpaired) electrons. The third kappa shape index (κ3) is 4.13. The summed E-state index contributed by atoms with van der Waals surface area (Å²) in [6, 6.07) is 12.2. The smallest absolute Gasteiger partial charge is 0.187 e. The average molecular weight is 297 g/mol. The lowest BCUT2D eigenvalue weighted by Gasteiger charge is -2.02. The summed E-state index contributed by atoms with van der Waals surface area (Å²) in [5.41, 5.74) is 4.36. The Balaban J connectivity index is 0.000000774. The van der Waals surface area contributed by atoms with Gasteiger partial charge in [0.25, 0.3) is 0 Å². The van der Waals surface area contributed by atoms with Crippen LogP contribution < -0.4 is 5.32 Å². The second-order valence-corrected chi connectivity index (χ2v) is 5.13. The van der Waals surface area contributed by atoms with E-state index in [2.05, 4.69) is 34.3 Å². The second-order valence-electron chi connectivity index (χ2n) is 4.27. The van der Waals surface area contributed by atoms with E-state index in [1.54, 1.807) is 23.7 Å². The first-order valence-corrected chi connectivity index (χ1v) is 7.89. The Morgan fingerprint density at radius 3 is 2.52 bits per heavy atom. The van der Waals surface area contributed by atoms with Crippen molar-refractivity contribution in [2.24, 2.45) is 0 Å². The van der Waals surface area contributed by atoms with Crippen LogP contribution in [-0.4, -0.2) is 9.97 Å². The number of aryl methyl sites for hydroxylation is 1. The van der Waals surface area contributed by atoms with Crippen LogP contribution in [0.3, 0.4) is 0 Å². The molecule has 108 valence electrons. The molecule has 0 aliphatic rings. The zero-order chi connectivity index (χ0) is 15.1. The van der Waals surface area contributed by atoms with E-state index in [0.717, 1.165) is 22.1 Å².